The topological polar surface area (TPSA) is 39.1 Å². The van der Waals surface area contributed by atoms with Crippen molar-refractivity contribution in [3.05, 3.63) is 36.0 Å². The Labute approximate surface area is 138 Å². The third kappa shape index (κ3) is 1.97. The van der Waals surface area contributed by atoms with Crippen LogP contribution in [0, 0.1) is 23.7 Å². The largest absolute Gasteiger partial charge is 0.242 e. The number of aryl methyl sites for hydroxylation is 1. The second kappa shape index (κ2) is 4.62. The van der Waals surface area contributed by atoms with E-state index in [0.29, 0.717) is 5.92 Å². The molecule has 1 aromatic carbocycles. The van der Waals surface area contributed by atoms with Gasteiger partial charge in [0.15, 0.2) is 0 Å². The van der Waals surface area contributed by atoms with Crippen LogP contribution in [-0.2, 0) is 10.0 Å². The Balaban J connectivity index is 1.81. The predicted octanol–water partition coefficient (Wildman–Crippen LogP) is 4.34. The first kappa shape index (κ1) is 15.3. The molecule has 0 spiro atoms. The predicted molar refractivity (Wildman–Crippen MR) is 94.0 cm³/mol. The minimum absolute atomic E-state index is 0.0473. The van der Waals surface area contributed by atoms with E-state index in [0.717, 1.165) is 29.4 Å². The maximum absolute atomic E-state index is 13.3. The van der Waals surface area contributed by atoms with Crippen LogP contribution in [0.2, 0.25) is 0 Å². The highest BCUT2D eigenvalue weighted by molar-refractivity contribution is 7.90. The fourth-order valence-corrected chi connectivity index (χ4v) is 7.80. The Hall–Kier alpha value is -1.29. The summed E-state index contributed by atoms with van der Waals surface area (Å²) in [6, 6.07) is 9.74. The molecule has 2 saturated carbocycles. The van der Waals surface area contributed by atoms with E-state index in [9.17, 15) is 8.42 Å². The second-order valence-corrected chi connectivity index (χ2v) is 9.96. The number of nitrogens with zero attached hydrogens (tertiary/aromatic N) is 1. The molecule has 0 N–H and O–H groups in total. The fourth-order valence-electron chi connectivity index (χ4n) is 5.35. The van der Waals surface area contributed by atoms with E-state index in [1.807, 2.05) is 37.3 Å². The summed E-state index contributed by atoms with van der Waals surface area (Å²) in [7, 11) is -3.36. The quantitative estimate of drug-likeness (QED) is 0.839. The fraction of sp³-hybridized carbons (Fsp3) is 0.579. The smallest absolute Gasteiger partial charge is 0.239 e. The van der Waals surface area contributed by atoms with Gasteiger partial charge in [0.25, 0.3) is 0 Å². The van der Waals surface area contributed by atoms with Gasteiger partial charge in [-0.1, -0.05) is 32.0 Å². The summed E-state index contributed by atoms with van der Waals surface area (Å²) < 4.78 is 28.2. The van der Waals surface area contributed by atoms with Crippen molar-refractivity contribution >= 4 is 20.9 Å². The Morgan fingerprint density at radius 1 is 1.17 bits per heavy atom. The Bertz CT molecular complexity index is 868. The molecule has 2 aliphatic rings. The number of para-hydroxylation sites is 1. The lowest BCUT2D eigenvalue weighted by atomic mass is 9.71. The molecular weight excluding hydrogens is 306 g/mol. The van der Waals surface area contributed by atoms with E-state index in [1.165, 1.54) is 12.8 Å². The molecule has 124 valence electrons. The molecule has 1 heterocycles. The number of fused-ring (bicyclic) bond motifs is 3. The molecule has 0 unspecified atom stereocenters. The highest BCUT2D eigenvalue weighted by atomic mass is 32.2. The van der Waals surface area contributed by atoms with Crippen molar-refractivity contribution in [1.82, 2.24) is 3.97 Å². The first-order valence-corrected chi connectivity index (χ1v) is 10.2. The van der Waals surface area contributed by atoms with Crippen LogP contribution in [-0.4, -0.2) is 18.1 Å². The average molecular weight is 331 g/mol. The lowest BCUT2D eigenvalue weighted by molar-refractivity contribution is 0.155. The number of hydrogen-bond acceptors (Lipinski definition) is 2. The van der Waals surface area contributed by atoms with Crippen molar-refractivity contribution in [2.24, 2.45) is 16.7 Å². The first-order valence-electron chi connectivity index (χ1n) is 8.57. The molecular formula is C19H25NO2S. The Morgan fingerprint density at radius 3 is 2.43 bits per heavy atom. The van der Waals surface area contributed by atoms with E-state index in [2.05, 4.69) is 13.8 Å². The van der Waals surface area contributed by atoms with Gasteiger partial charge in [-0.05, 0) is 61.5 Å². The second-order valence-electron chi connectivity index (χ2n) is 8.14. The Morgan fingerprint density at radius 2 is 1.83 bits per heavy atom. The van der Waals surface area contributed by atoms with Gasteiger partial charge >= 0.3 is 0 Å². The van der Waals surface area contributed by atoms with Gasteiger partial charge in [-0.3, -0.25) is 0 Å². The maximum atomic E-state index is 13.3. The van der Waals surface area contributed by atoms with Gasteiger partial charge in [0.2, 0.25) is 10.0 Å². The summed E-state index contributed by atoms with van der Waals surface area (Å²) in [6.45, 7) is 6.47. The van der Waals surface area contributed by atoms with Crippen LogP contribution in [0.3, 0.4) is 0 Å². The van der Waals surface area contributed by atoms with Gasteiger partial charge in [-0.15, -0.1) is 0 Å². The zero-order valence-electron chi connectivity index (χ0n) is 14.2. The van der Waals surface area contributed by atoms with Crippen molar-refractivity contribution in [2.75, 3.05) is 5.75 Å². The normalized spacial score (nSPS) is 29.4. The van der Waals surface area contributed by atoms with Gasteiger partial charge in [0.05, 0.1) is 11.3 Å². The molecule has 2 aliphatic carbocycles. The molecule has 4 heteroatoms. The molecule has 3 nitrogen and oxygen atoms in total. The lowest BCUT2D eigenvalue weighted by Gasteiger charge is -2.38. The zero-order chi connectivity index (χ0) is 16.5. The molecule has 2 fully saturated rings. The van der Waals surface area contributed by atoms with Gasteiger partial charge < -0.3 is 0 Å². The van der Waals surface area contributed by atoms with Crippen LogP contribution >= 0.6 is 0 Å². The monoisotopic (exact) mass is 331 g/mol. The highest BCUT2D eigenvalue weighted by Gasteiger charge is 2.60. The van der Waals surface area contributed by atoms with Crippen molar-refractivity contribution in [1.29, 1.82) is 0 Å². The summed E-state index contributed by atoms with van der Waals surface area (Å²) in [5.41, 5.74) is 1.71. The number of rotatable bonds is 3. The molecule has 1 aromatic heterocycles. The molecule has 0 aliphatic heterocycles. The van der Waals surface area contributed by atoms with Crippen LogP contribution in [0.25, 0.3) is 10.9 Å². The van der Waals surface area contributed by atoms with E-state index < -0.39 is 10.0 Å². The number of benzene rings is 1. The van der Waals surface area contributed by atoms with Crippen molar-refractivity contribution in [2.45, 2.75) is 46.5 Å². The molecule has 0 atom stereocenters. The number of aromatic nitrogens is 1. The van der Waals surface area contributed by atoms with Crippen LogP contribution in [0.1, 0.15) is 45.2 Å². The summed E-state index contributed by atoms with van der Waals surface area (Å²) >= 11 is 0. The first-order chi connectivity index (χ1) is 10.8. The van der Waals surface area contributed by atoms with E-state index in [4.69, 9.17) is 0 Å². The van der Waals surface area contributed by atoms with E-state index in [1.54, 1.807) is 3.97 Å². The van der Waals surface area contributed by atoms with Crippen LogP contribution < -0.4 is 0 Å². The van der Waals surface area contributed by atoms with Crippen molar-refractivity contribution in [3.8, 4) is 0 Å². The number of hydrogen-bond donors (Lipinski definition) is 0. The van der Waals surface area contributed by atoms with Crippen LogP contribution in [0.15, 0.2) is 30.3 Å². The SMILES string of the molecule is Cc1cc2ccccc2n1S(=O)(=O)CC12CCC(CC1)C2(C)C. The summed E-state index contributed by atoms with van der Waals surface area (Å²) in [5, 5.41) is 1.00. The minimum Gasteiger partial charge on any atom is -0.242 e. The summed E-state index contributed by atoms with van der Waals surface area (Å²) in [6.07, 6.45) is 4.49. The van der Waals surface area contributed by atoms with Crippen LogP contribution in [0.5, 0.6) is 0 Å². The maximum Gasteiger partial charge on any atom is 0.239 e. The van der Waals surface area contributed by atoms with Crippen LogP contribution in [0.4, 0.5) is 0 Å². The average Bonchev–Trinajstić information content (AvgIpc) is 3.02. The molecule has 4 rings (SSSR count). The van der Waals surface area contributed by atoms with Gasteiger partial charge in [-0.2, -0.15) is 0 Å². The zero-order valence-corrected chi connectivity index (χ0v) is 15.0. The summed E-state index contributed by atoms with van der Waals surface area (Å²) in [5.74, 6) is 0.975. The summed E-state index contributed by atoms with van der Waals surface area (Å²) in [4.78, 5) is 0. The third-order valence-electron chi connectivity index (χ3n) is 6.91. The molecule has 2 aromatic rings. The van der Waals surface area contributed by atoms with E-state index >= 15 is 0 Å². The van der Waals surface area contributed by atoms with E-state index in [-0.39, 0.29) is 16.6 Å². The van der Waals surface area contributed by atoms with Crippen molar-refractivity contribution in [3.63, 3.8) is 0 Å². The molecule has 2 bridgehead atoms. The van der Waals surface area contributed by atoms with Gasteiger partial charge in [-0.25, -0.2) is 12.4 Å². The van der Waals surface area contributed by atoms with Crippen molar-refractivity contribution < 1.29 is 8.42 Å². The molecule has 0 radical (unpaired) electrons. The lowest BCUT2D eigenvalue weighted by Crippen LogP contribution is -2.39. The Kier molecular flexibility index (Phi) is 3.07. The molecule has 0 saturated heterocycles. The third-order valence-corrected chi connectivity index (χ3v) is 8.87. The standard InChI is InChI=1S/C19H25NO2S/c1-14-12-15-6-4-5-7-17(15)20(14)23(21,22)13-19-10-8-16(9-11-19)18(19,2)3/h4-7,12,16H,8-11,13H2,1-3H3. The van der Waals surface area contributed by atoms with Gasteiger partial charge in [0, 0.05) is 11.1 Å². The molecule has 23 heavy (non-hydrogen) atoms. The van der Waals surface area contributed by atoms with Gasteiger partial charge in [0.1, 0.15) is 0 Å². The highest BCUT2D eigenvalue weighted by Crippen LogP contribution is 2.66. The molecule has 0 amide bonds. The minimum atomic E-state index is -3.36.